The Hall–Kier alpha value is 0.870. The zero-order valence-electron chi connectivity index (χ0n) is 7.23. The van der Waals surface area contributed by atoms with Crippen LogP contribution in [0.1, 0.15) is 6.92 Å². The Labute approximate surface area is 82.4 Å². The molecule has 0 aliphatic carbocycles. The van der Waals surface area contributed by atoms with Gasteiger partial charge in [-0.25, -0.2) is 0 Å². The fourth-order valence-electron chi connectivity index (χ4n) is 1.02. The molecule has 0 nitrogen and oxygen atoms in total. The van der Waals surface area contributed by atoms with Gasteiger partial charge in [-0.15, -0.1) is 0 Å². The average Bonchev–Trinajstić information content (AvgIpc) is 1.76. The molecular formula is C5H9F6P3. The second-order valence-electron chi connectivity index (χ2n) is 3.19. The molecule has 0 aromatic rings. The Balaban J connectivity index is 4.32. The fourth-order valence-corrected chi connectivity index (χ4v) is 3.95. The third-order valence-electron chi connectivity index (χ3n) is 1.50. The summed E-state index contributed by atoms with van der Waals surface area (Å²) in [4.78, 5) is 0. The first-order valence-corrected chi connectivity index (χ1v) is 7.45. The normalized spacial score (nSPS) is 13.3. The molecule has 0 aliphatic rings. The van der Waals surface area contributed by atoms with Gasteiger partial charge in [-0.2, -0.15) is 25.2 Å². The molecule has 0 unspecified atom stereocenters. The van der Waals surface area contributed by atoms with Crippen molar-refractivity contribution in [2.24, 2.45) is 5.41 Å². The third-order valence-corrected chi connectivity index (χ3v) is 4.51. The lowest BCUT2D eigenvalue weighted by Gasteiger charge is -2.26. The quantitative estimate of drug-likeness (QED) is 0.428. The minimum Gasteiger partial charge on any atom is -0.189 e. The molecule has 0 spiro atoms. The Kier molecular flexibility index (Phi) is 6.85. The molecule has 0 rings (SSSR count). The van der Waals surface area contributed by atoms with Crippen LogP contribution in [0, 0.1) is 5.41 Å². The van der Waals surface area contributed by atoms with Crippen LogP contribution in [-0.4, -0.2) is 18.5 Å². The van der Waals surface area contributed by atoms with Crippen molar-refractivity contribution in [2.45, 2.75) is 6.92 Å². The highest BCUT2D eigenvalue weighted by Gasteiger charge is 2.36. The van der Waals surface area contributed by atoms with Gasteiger partial charge in [0.25, 0.3) is 25.6 Å². The molecule has 0 aromatic carbocycles. The summed E-state index contributed by atoms with van der Waals surface area (Å²) in [6, 6.07) is 0. The van der Waals surface area contributed by atoms with Gasteiger partial charge in [-0.3, -0.25) is 0 Å². The van der Waals surface area contributed by atoms with Crippen molar-refractivity contribution in [3.63, 3.8) is 0 Å². The standard InChI is InChI=1S/C5H9F6P3/c1-5(2-12(6)7,3-13(8)9)4-14(10)11/h2-4H2,1H3. The highest BCUT2D eigenvalue weighted by molar-refractivity contribution is 7.48. The highest BCUT2D eigenvalue weighted by Crippen LogP contribution is 2.56. The van der Waals surface area contributed by atoms with Gasteiger partial charge in [-0.05, 0) is 5.41 Å². The van der Waals surface area contributed by atoms with Gasteiger partial charge < -0.3 is 0 Å². The molecule has 0 saturated heterocycles. The van der Waals surface area contributed by atoms with Gasteiger partial charge in [0, 0.05) is 18.5 Å². The van der Waals surface area contributed by atoms with Crippen LogP contribution in [0.4, 0.5) is 25.2 Å². The van der Waals surface area contributed by atoms with Gasteiger partial charge in [0.2, 0.25) is 0 Å². The Morgan fingerprint density at radius 2 is 0.929 bits per heavy atom. The number of rotatable bonds is 6. The summed E-state index contributed by atoms with van der Waals surface area (Å²) < 4.78 is 72.1. The van der Waals surface area contributed by atoms with E-state index in [9.17, 15) is 25.2 Å². The predicted molar refractivity (Wildman–Crippen MR) is 50.1 cm³/mol. The minimum atomic E-state index is -3.40. The average molecular weight is 276 g/mol. The van der Waals surface area contributed by atoms with Gasteiger partial charge in [0.15, 0.2) is 0 Å². The lowest BCUT2D eigenvalue weighted by Crippen LogP contribution is -2.25. The SMILES string of the molecule is CC(CP(F)F)(CP(F)F)CP(F)F. The van der Waals surface area contributed by atoms with Gasteiger partial charge in [-0.1, -0.05) is 6.92 Å². The molecule has 9 heteroatoms. The van der Waals surface area contributed by atoms with Crippen LogP contribution in [0.5, 0.6) is 0 Å². The number of halogens is 6. The van der Waals surface area contributed by atoms with E-state index < -0.39 is 49.5 Å². The monoisotopic (exact) mass is 276 g/mol. The van der Waals surface area contributed by atoms with Crippen molar-refractivity contribution >= 4 is 25.6 Å². The lowest BCUT2D eigenvalue weighted by molar-refractivity contribution is 0.454. The van der Waals surface area contributed by atoms with Crippen LogP contribution in [0.15, 0.2) is 0 Å². The van der Waals surface area contributed by atoms with E-state index >= 15 is 0 Å². The topological polar surface area (TPSA) is 0 Å². The smallest absolute Gasteiger partial charge is 0.189 e. The molecule has 0 fully saturated rings. The Morgan fingerprint density at radius 3 is 1.07 bits per heavy atom. The Bertz CT molecular complexity index is 137. The second-order valence-corrected chi connectivity index (χ2v) is 5.96. The van der Waals surface area contributed by atoms with Crippen LogP contribution >= 0.6 is 25.6 Å². The third kappa shape index (κ3) is 7.20. The molecule has 86 valence electrons. The predicted octanol–water partition coefficient (Wildman–Crippen LogP) is 5.75. The largest absolute Gasteiger partial charge is 0.266 e. The first kappa shape index (κ1) is 14.9. The van der Waals surface area contributed by atoms with E-state index in [1.807, 2.05) is 0 Å². The van der Waals surface area contributed by atoms with Crippen LogP contribution < -0.4 is 0 Å². The molecule has 0 N–H and O–H groups in total. The van der Waals surface area contributed by atoms with Crippen molar-refractivity contribution in [3.05, 3.63) is 0 Å². The van der Waals surface area contributed by atoms with Crippen molar-refractivity contribution in [3.8, 4) is 0 Å². The summed E-state index contributed by atoms with van der Waals surface area (Å²) in [6.45, 7) is 1.09. The molecule has 0 radical (unpaired) electrons. The van der Waals surface area contributed by atoms with E-state index in [1.54, 1.807) is 0 Å². The zero-order chi connectivity index (χ0) is 11.4. The molecule has 0 amide bonds. The minimum absolute atomic E-state index is 0.818. The molecule has 0 aliphatic heterocycles. The summed E-state index contributed by atoms with van der Waals surface area (Å²) in [6.07, 6.45) is -2.45. The van der Waals surface area contributed by atoms with Crippen molar-refractivity contribution in [2.75, 3.05) is 18.5 Å². The summed E-state index contributed by atoms with van der Waals surface area (Å²) in [5.74, 6) is 0. The molecule has 0 aromatic heterocycles. The summed E-state index contributed by atoms with van der Waals surface area (Å²) in [5.41, 5.74) is -1.60. The highest BCUT2D eigenvalue weighted by atomic mass is 31.2. The van der Waals surface area contributed by atoms with E-state index in [0.29, 0.717) is 0 Å². The molecule has 0 atom stereocenters. The van der Waals surface area contributed by atoms with E-state index in [4.69, 9.17) is 0 Å². The van der Waals surface area contributed by atoms with Crippen molar-refractivity contribution in [1.82, 2.24) is 0 Å². The zero-order valence-corrected chi connectivity index (χ0v) is 9.91. The summed E-state index contributed by atoms with van der Waals surface area (Å²) >= 11 is 0. The molecule has 0 saturated carbocycles. The van der Waals surface area contributed by atoms with Gasteiger partial charge >= 0.3 is 0 Å². The van der Waals surface area contributed by atoms with E-state index in [-0.39, 0.29) is 0 Å². The fraction of sp³-hybridized carbons (Fsp3) is 1.00. The van der Waals surface area contributed by atoms with Gasteiger partial charge in [0.05, 0.1) is 0 Å². The Morgan fingerprint density at radius 1 is 0.714 bits per heavy atom. The number of hydrogen-bond donors (Lipinski definition) is 0. The van der Waals surface area contributed by atoms with E-state index in [1.165, 1.54) is 0 Å². The van der Waals surface area contributed by atoms with E-state index in [0.717, 1.165) is 6.92 Å². The first-order valence-electron chi connectivity index (χ1n) is 3.52. The molecular weight excluding hydrogens is 267 g/mol. The maximum Gasteiger partial charge on any atom is 0.266 e. The number of hydrogen-bond acceptors (Lipinski definition) is 0. The van der Waals surface area contributed by atoms with Crippen molar-refractivity contribution in [1.29, 1.82) is 0 Å². The van der Waals surface area contributed by atoms with Crippen molar-refractivity contribution < 1.29 is 25.2 Å². The van der Waals surface area contributed by atoms with Crippen LogP contribution in [0.25, 0.3) is 0 Å². The summed E-state index contributed by atoms with van der Waals surface area (Å²) in [5, 5.41) is 0. The van der Waals surface area contributed by atoms with Crippen LogP contribution in [0.3, 0.4) is 0 Å². The van der Waals surface area contributed by atoms with E-state index in [2.05, 4.69) is 0 Å². The summed E-state index contributed by atoms with van der Waals surface area (Å²) in [7, 11) is -10.2. The second kappa shape index (κ2) is 6.45. The lowest BCUT2D eigenvalue weighted by atomic mass is 9.99. The molecule has 14 heavy (non-hydrogen) atoms. The molecule has 0 bridgehead atoms. The molecule has 0 heterocycles. The first-order chi connectivity index (χ1) is 6.25. The van der Waals surface area contributed by atoms with Crippen LogP contribution in [0.2, 0.25) is 0 Å². The maximum absolute atomic E-state index is 12.0. The maximum atomic E-state index is 12.0. The van der Waals surface area contributed by atoms with Crippen LogP contribution in [-0.2, 0) is 0 Å². The van der Waals surface area contributed by atoms with Gasteiger partial charge in [0.1, 0.15) is 0 Å².